The van der Waals surface area contributed by atoms with Crippen LogP contribution in [0.3, 0.4) is 0 Å². The maximum absolute atomic E-state index is 12.9. The monoisotopic (exact) mass is 360 g/mol. The van der Waals surface area contributed by atoms with Crippen molar-refractivity contribution in [3.8, 4) is 0 Å². The van der Waals surface area contributed by atoms with Crippen molar-refractivity contribution in [1.29, 1.82) is 0 Å². The molecule has 1 amide bonds. The van der Waals surface area contributed by atoms with Gasteiger partial charge in [0, 0.05) is 36.5 Å². The molecule has 3 N–H and O–H groups in total. The number of hydrogen-bond acceptors (Lipinski definition) is 3. The minimum absolute atomic E-state index is 0. The maximum atomic E-state index is 12.9. The average Bonchev–Trinajstić information content (AvgIpc) is 2.92. The van der Waals surface area contributed by atoms with Crippen LogP contribution in [-0.2, 0) is 19.1 Å². The SMILES string of the molecule is Cc1ccc(NC(=O)c2n[nH]c3c2CNCC3)cc1C(F)(F)F.Cl. The number of carbonyl (C=O) groups is 1. The van der Waals surface area contributed by atoms with Gasteiger partial charge in [-0.05, 0) is 24.6 Å². The Bertz CT molecular complexity index is 758. The Hall–Kier alpha value is -2.06. The lowest BCUT2D eigenvalue weighted by Crippen LogP contribution is -2.25. The normalized spacial score (nSPS) is 13.8. The van der Waals surface area contributed by atoms with Gasteiger partial charge in [0.15, 0.2) is 5.69 Å². The lowest BCUT2D eigenvalue weighted by Gasteiger charge is -2.14. The molecule has 1 aliphatic heterocycles. The first-order chi connectivity index (χ1) is 10.9. The predicted octanol–water partition coefficient (Wildman–Crippen LogP) is 3.06. The van der Waals surface area contributed by atoms with Crippen molar-refractivity contribution >= 4 is 24.0 Å². The Morgan fingerprint density at radius 3 is 2.79 bits per heavy atom. The van der Waals surface area contributed by atoms with Crippen LogP contribution < -0.4 is 10.6 Å². The zero-order valence-corrected chi connectivity index (χ0v) is 13.6. The molecular formula is C15H16ClF3N4O. The molecule has 2 aromatic rings. The highest BCUT2D eigenvalue weighted by atomic mass is 35.5. The first-order valence-corrected chi connectivity index (χ1v) is 7.12. The zero-order chi connectivity index (χ0) is 16.6. The van der Waals surface area contributed by atoms with Gasteiger partial charge in [0.1, 0.15) is 0 Å². The predicted molar refractivity (Wildman–Crippen MR) is 85.4 cm³/mol. The number of amides is 1. The van der Waals surface area contributed by atoms with Crippen molar-refractivity contribution in [2.75, 3.05) is 11.9 Å². The Morgan fingerprint density at radius 1 is 1.33 bits per heavy atom. The van der Waals surface area contributed by atoms with E-state index in [4.69, 9.17) is 0 Å². The summed E-state index contributed by atoms with van der Waals surface area (Å²) in [5.41, 5.74) is 1.29. The van der Waals surface area contributed by atoms with Crippen LogP contribution in [0.1, 0.15) is 32.9 Å². The molecule has 0 aliphatic carbocycles. The number of benzene rings is 1. The van der Waals surface area contributed by atoms with E-state index in [0.717, 1.165) is 30.3 Å². The molecule has 0 spiro atoms. The van der Waals surface area contributed by atoms with Crippen LogP contribution in [0.4, 0.5) is 18.9 Å². The highest BCUT2D eigenvalue weighted by Crippen LogP contribution is 2.33. The number of aromatic amines is 1. The lowest BCUT2D eigenvalue weighted by molar-refractivity contribution is -0.138. The number of H-pyrrole nitrogens is 1. The zero-order valence-electron chi connectivity index (χ0n) is 12.8. The lowest BCUT2D eigenvalue weighted by atomic mass is 10.1. The summed E-state index contributed by atoms with van der Waals surface area (Å²) in [6.45, 7) is 2.68. The van der Waals surface area contributed by atoms with Crippen LogP contribution in [0.25, 0.3) is 0 Å². The second kappa shape index (κ2) is 6.82. The van der Waals surface area contributed by atoms with Gasteiger partial charge in [-0.3, -0.25) is 9.89 Å². The van der Waals surface area contributed by atoms with Gasteiger partial charge in [0.05, 0.1) is 5.56 Å². The third-order valence-electron chi connectivity index (χ3n) is 3.82. The van der Waals surface area contributed by atoms with Gasteiger partial charge in [-0.15, -0.1) is 12.4 Å². The molecule has 0 radical (unpaired) electrons. The van der Waals surface area contributed by atoms with E-state index in [1.54, 1.807) is 0 Å². The number of hydrogen-bond donors (Lipinski definition) is 3. The van der Waals surface area contributed by atoms with Crippen LogP contribution in [0.5, 0.6) is 0 Å². The fourth-order valence-corrected chi connectivity index (χ4v) is 2.61. The molecule has 0 fully saturated rings. The number of halogens is 4. The largest absolute Gasteiger partial charge is 0.416 e. The number of nitrogens with zero attached hydrogens (tertiary/aromatic N) is 1. The Kier molecular flexibility index (Phi) is 5.19. The molecule has 0 unspecified atom stereocenters. The number of alkyl halides is 3. The van der Waals surface area contributed by atoms with E-state index < -0.39 is 17.6 Å². The summed E-state index contributed by atoms with van der Waals surface area (Å²) in [5.74, 6) is -0.525. The van der Waals surface area contributed by atoms with E-state index in [1.807, 2.05) is 0 Å². The summed E-state index contributed by atoms with van der Waals surface area (Å²) in [7, 11) is 0. The van der Waals surface area contributed by atoms with Gasteiger partial charge >= 0.3 is 6.18 Å². The second-order valence-corrected chi connectivity index (χ2v) is 5.44. The summed E-state index contributed by atoms with van der Waals surface area (Å²) in [4.78, 5) is 12.3. The number of anilines is 1. The standard InChI is InChI=1S/C15H15F3N4O.ClH/c1-8-2-3-9(6-11(8)15(16,17)18)20-14(23)13-10-7-19-5-4-12(10)21-22-13;/h2-3,6,19H,4-5,7H2,1H3,(H,20,23)(H,21,22);1H. The third-order valence-corrected chi connectivity index (χ3v) is 3.82. The molecule has 0 saturated heterocycles. The van der Waals surface area contributed by atoms with E-state index in [-0.39, 0.29) is 29.4 Å². The summed E-state index contributed by atoms with van der Waals surface area (Å²) < 4.78 is 38.8. The first kappa shape index (κ1) is 18.3. The Labute approximate surface area is 142 Å². The van der Waals surface area contributed by atoms with E-state index in [0.29, 0.717) is 6.54 Å². The molecule has 0 atom stereocenters. The molecule has 2 heterocycles. The number of nitrogens with one attached hydrogen (secondary N) is 3. The molecule has 24 heavy (non-hydrogen) atoms. The second-order valence-electron chi connectivity index (χ2n) is 5.44. The van der Waals surface area contributed by atoms with E-state index in [2.05, 4.69) is 20.8 Å². The number of aryl methyl sites for hydroxylation is 1. The van der Waals surface area contributed by atoms with Crippen molar-refractivity contribution in [1.82, 2.24) is 15.5 Å². The van der Waals surface area contributed by atoms with Gasteiger partial charge in [-0.1, -0.05) is 6.07 Å². The molecule has 0 saturated carbocycles. The van der Waals surface area contributed by atoms with Gasteiger partial charge in [0.25, 0.3) is 5.91 Å². The first-order valence-electron chi connectivity index (χ1n) is 7.12. The summed E-state index contributed by atoms with van der Waals surface area (Å²) in [6, 6.07) is 3.71. The summed E-state index contributed by atoms with van der Waals surface area (Å²) >= 11 is 0. The molecular weight excluding hydrogens is 345 g/mol. The van der Waals surface area contributed by atoms with E-state index in [9.17, 15) is 18.0 Å². The number of rotatable bonds is 2. The van der Waals surface area contributed by atoms with Gasteiger partial charge < -0.3 is 10.6 Å². The van der Waals surface area contributed by atoms with E-state index >= 15 is 0 Å². The summed E-state index contributed by atoms with van der Waals surface area (Å²) in [5, 5.41) is 12.4. The molecule has 130 valence electrons. The summed E-state index contributed by atoms with van der Waals surface area (Å²) in [6.07, 6.45) is -3.72. The van der Waals surface area contributed by atoms with Crippen LogP contribution in [-0.4, -0.2) is 22.6 Å². The number of fused-ring (bicyclic) bond motifs is 1. The smallest absolute Gasteiger partial charge is 0.321 e. The van der Waals surface area contributed by atoms with Crippen molar-refractivity contribution in [2.24, 2.45) is 0 Å². The van der Waals surface area contributed by atoms with Gasteiger partial charge in [-0.2, -0.15) is 18.3 Å². The van der Waals surface area contributed by atoms with E-state index in [1.165, 1.54) is 19.1 Å². The number of aromatic nitrogens is 2. The fraction of sp³-hybridized carbons (Fsp3) is 0.333. The molecule has 5 nitrogen and oxygen atoms in total. The molecule has 1 aliphatic rings. The Morgan fingerprint density at radius 2 is 2.08 bits per heavy atom. The van der Waals surface area contributed by atoms with Crippen LogP contribution in [0.15, 0.2) is 18.2 Å². The molecule has 0 bridgehead atoms. The Balaban J connectivity index is 0.00000208. The quantitative estimate of drug-likeness (QED) is 0.771. The molecule has 1 aromatic heterocycles. The van der Waals surface area contributed by atoms with Crippen LogP contribution in [0, 0.1) is 6.92 Å². The minimum Gasteiger partial charge on any atom is -0.321 e. The minimum atomic E-state index is -4.46. The van der Waals surface area contributed by atoms with Crippen molar-refractivity contribution in [3.05, 3.63) is 46.3 Å². The van der Waals surface area contributed by atoms with Gasteiger partial charge in [0.2, 0.25) is 0 Å². The highest BCUT2D eigenvalue weighted by molar-refractivity contribution is 6.04. The molecule has 3 rings (SSSR count). The third kappa shape index (κ3) is 3.54. The molecule has 1 aromatic carbocycles. The highest BCUT2D eigenvalue weighted by Gasteiger charge is 2.32. The fourth-order valence-electron chi connectivity index (χ4n) is 2.61. The maximum Gasteiger partial charge on any atom is 0.416 e. The van der Waals surface area contributed by atoms with Crippen molar-refractivity contribution < 1.29 is 18.0 Å². The van der Waals surface area contributed by atoms with Crippen molar-refractivity contribution in [2.45, 2.75) is 26.1 Å². The molecule has 9 heteroatoms. The van der Waals surface area contributed by atoms with Crippen molar-refractivity contribution in [3.63, 3.8) is 0 Å². The average molecular weight is 361 g/mol. The van der Waals surface area contributed by atoms with Crippen LogP contribution in [0.2, 0.25) is 0 Å². The van der Waals surface area contributed by atoms with Gasteiger partial charge in [-0.25, -0.2) is 0 Å². The number of carbonyl (C=O) groups excluding carboxylic acids is 1. The van der Waals surface area contributed by atoms with Crippen LogP contribution >= 0.6 is 12.4 Å². The topological polar surface area (TPSA) is 69.8 Å².